The average molecular weight is 674 g/mol. The van der Waals surface area contributed by atoms with Crippen LogP contribution < -0.4 is 5.32 Å². The summed E-state index contributed by atoms with van der Waals surface area (Å²) in [6.45, 7) is 4.19. The number of hydrogen-bond donors (Lipinski definition) is 1. The van der Waals surface area contributed by atoms with Gasteiger partial charge >= 0.3 is 0 Å². The minimum atomic E-state index is 0.759. The molecule has 1 N–H and O–H groups in total. The van der Waals surface area contributed by atoms with Gasteiger partial charge in [-0.1, -0.05) is 55.1 Å². The minimum Gasteiger partial charge on any atom is -0.340 e. The molecule has 3 aromatic carbocycles. The van der Waals surface area contributed by atoms with Gasteiger partial charge in [-0.15, -0.1) is 0 Å². The van der Waals surface area contributed by atoms with Gasteiger partial charge in [0.25, 0.3) is 0 Å². The maximum atomic E-state index is 5.25. The Balaban J connectivity index is 1.30. The number of imidazole rings is 3. The van der Waals surface area contributed by atoms with Crippen molar-refractivity contribution in [2.75, 3.05) is 5.32 Å². The molecule has 0 saturated heterocycles. The van der Waals surface area contributed by atoms with Gasteiger partial charge in [0, 0.05) is 51.9 Å². The molecule has 0 bridgehead atoms. The lowest BCUT2D eigenvalue weighted by Crippen LogP contribution is -2.07. The van der Waals surface area contributed by atoms with Gasteiger partial charge in [-0.25, -0.2) is 24.9 Å². The summed E-state index contributed by atoms with van der Waals surface area (Å²) >= 11 is 0. The fourth-order valence-electron chi connectivity index (χ4n) is 7.13. The van der Waals surface area contributed by atoms with Crippen LogP contribution in [0.15, 0.2) is 152 Å². The van der Waals surface area contributed by atoms with Gasteiger partial charge in [0.2, 0.25) is 0 Å². The Labute approximate surface area is 299 Å². The van der Waals surface area contributed by atoms with Gasteiger partial charge in [-0.3, -0.25) is 13.7 Å². The molecule has 0 fully saturated rings. The topological polar surface area (TPSA) is 91.3 Å². The summed E-state index contributed by atoms with van der Waals surface area (Å²) in [5.74, 6) is 3.16. The Hall–Kier alpha value is -7.13. The van der Waals surface area contributed by atoms with Crippen LogP contribution in [0.1, 0.15) is 18.5 Å². The maximum absolute atomic E-state index is 5.25. The molecule has 5 aromatic heterocycles. The molecular weight excluding hydrogens is 643 g/mol. The molecule has 0 radical (unpaired) electrons. The number of allylic oxidation sites excluding steroid dienone is 5. The van der Waals surface area contributed by atoms with Crippen molar-refractivity contribution in [1.29, 1.82) is 0 Å². The average Bonchev–Trinajstić information content (AvgIpc) is 3.91. The minimum absolute atomic E-state index is 0.759. The molecule has 8 aromatic rings. The van der Waals surface area contributed by atoms with Crippen LogP contribution in [-0.4, -0.2) is 38.6 Å². The zero-order chi connectivity index (χ0) is 34.6. The molecule has 10 rings (SSSR count). The van der Waals surface area contributed by atoms with E-state index in [0.717, 1.165) is 104 Å². The molecule has 0 atom stereocenters. The highest BCUT2D eigenvalue weighted by molar-refractivity contribution is 5.89. The summed E-state index contributed by atoms with van der Waals surface area (Å²) in [7, 11) is 0. The van der Waals surface area contributed by atoms with Gasteiger partial charge in [-0.05, 0) is 97.8 Å². The first-order valence-electron chi connectivity index (χ1n) is 17.3. The second kappa shape index (κ2) is 12.0. The summed E-state index contributed by atoms with van der Waals surface area (Å²) in [4.78, 5) is 25.3. The van der Waals surface area contributed by atoms with Gasteiger partial charge < -0.3 is 5.32 Å². The van der Waals surface area contributed by atoms with Crippen LogP contribution in [0.4, 0.5) is 5.82 Å². The molecule has 248 valence electrons. The predicted molar refractivity (Wildman–Crippen MR) is 208 cm³/mol. The van der Waals surface area contributed by atoms with E-state index in [9.17, 15) is 0 Å². The van der Waals surface area contributed by atoms with Gasteiger partial charge in [-0.2, -0.15) is 0 Å². The molecule has 0 saturated carbocycles. The monoisotopic (exact) mass is 673 g/mol. The van der Waals surface area contributed by atoms with Crippen LogP contribution >= 0.6 is 0 Å². The molecule has 52 heavy (non-hydrogen) atoms. The molecular formula is C43H31N9. The van der Waals surface area contributed by atoms with E-state index in [1.165, 1.54) is 0 Å². The number of aromatic nitrogens is 8. The van der Waals surface area contributed by atoms with E-state index in [-0.39, 0.29) is 0 Å². The number of benzene rings is 3. The number of anilines is 1. The van der Waals surface area contributed by atoms with E-state index < -0.39 is 0 Å². The van der Waals surface area contributed by atoms with Crippen molar-refractivity contribution in [3.05, 3.63) is 158 Å². The number of hydrogen-bond acceptors (Lipinski definition) is 6. The standard InChI is InChI=1S/C43H31N9/c1-28-21-22-37-43(46-28)52(34-17-9-4-10-18-34)40(49-37)31-26-29(38-47-35-19-11-23-44-41(35)50(38)32-13-5-2-6-14-32)25-30(27-31)39-48-36-20-12-24-45-42(36)51(39)33-15-7-3-8-16-33/h2,4-7,9-27,46H,1,3,8H2. The van der Waals surface area contributed by atoms with Crippen molar-refractivity contribution in [1.82, 2.24) is 38.6 Å². The Morgan fingerprint density at radius 2 is 1.13 bits per heavy atom. The third kappa shape index (κ3) is 4.90. The van der Waals surface area contributed by atoms with Crippen molar-refractivity contribution in [2.45, 2.75) is 12.8 Å². The Morgan fingerprint density at radius 1 is 0.558 bits per heavy atom. The largest absolute Gasteiger partial charge is 0.340 e. The fourth-order valence-corrected chi connectivity index (χ4v) is 7.13. The number of rotatable bonds is 6. The molecule has 1 aliphatic heterocycles. The number of pyridine rings is 2. The third-order valence-corrected chi connectivity index (χ3v) is 9.43. The molecule has 9 nitrogen and oxygen atoms in total. The number of fused-ring (bicyclic) bond motifs is 3. The highest BCUT2D eigenvalue weighted by atomic mass is 15.2. The number of nitrogens with one attached hydrogen (secondary N) is 1. The van der Waals surface area contributed by atoms with E-state index in [1.807, 2.05) is 85.2 Å². The van der Waals surface area contributed by atoms with Crippen LogP contribution in [0.2, 0.25) is 0 Å². The van der Waals surface area contributed by atoms with Crippen LogP contribution in [0.3, 0.4) is 0 Å². The van der Waals surface area contributed by atoms with Crippen molar-refractivity contribution < 1.29 is 0 Å². The maximum Gasteiger partial charge on any atom is 0.164 e. The highest BCUT2D eigenvalue weighted by Gasteiger charge is 2.25. The highest BCUT2D eigenvalue weighted by Crippen LogP contribution is 2.40. The second-order valence-corrected chi connectivity index (χ2v) is 12.8. The van der Waals surface area contributed by atoms with Gasteiger partial charge in [0.05, 0.1) is 0 Å². The first-order chi connectivity index (χ1) is 25.7. The Kier molecular flexibility index (Phi) is 6.88. The van der Waals surface area contributed by atoms with Crippen molar-refractivity contribution in [3.63, 3.8) is 0 Å². The molecule has 0 unspecified atom stereocenters. The SMILES string of the molecule is C=C1C=Cc2nc(-c3cc(-c4nc5cccnc5n4C4=CCCC=C4)cc(-c4nc5cccnc5n4-c4ccccc4)c3)n(-c3ccccc3)c2N1. The van der Waals surface area contributed by atoms with Crippen molar-refractivity contribution in [2.24, 2.45) is 0 Å². The van der Waals surface area contributed by atoms with Crippen LogP contribution in [0.5, 0.6) is 0 Å². The zero-order valence-electron chi connectivity index (χ0n) is 28.1. The first-order valence-corrected chi connectivity index (χ1v) is 17.3. The van der Waals surface area contributed by atoms with Crippen molar-refractivity contribution in [3.8, 4) is 45.5 Å². The summed E-state index contributed by atoms with van der Waals surface area (Å²) in [6.07, 6.45) is 16.2. The van der Waals surface area contributed by atoms with Gasteiger partial charge in [0.1, 0.15) is 40.0 Å². The van der Waals surface area contributed by atoms with E-state index in [2.05, 4.69) is 86.3 Å². The Bertz CT molecular complexity index is 2780. The quantitative estimate of drug-likeness (QED) is 0.189. The second-order valence-electron chi connectivity index (χ2n) is 12.8. The lowest BCUT2D eigenvalue weighted by atomic mass is 10.0. The normalized spacial score (nSPS) is 13.8. The van der Waals surface area contributed by atoms with Crippen molar-refractivity contribution >= 4 is 39.9 Å². The predicted octanol–water partition coefficient (Wildman–Crippen LogP) is 9.50. The van der Waals surface area contributed by atoms with E-state index in [1.54, 1.807) is 0 Å². The fraction of sp³-hybridized carbons (Fsp3) is 0.0465. The molecule has 0 amide bonds. The number of nitrogens with zero attached hydrogens (tertiary/aromatic N) is 8. The van der Waals surface area contributed by atoms with Crippen LogP contribution in [0, 0.1) is 0 Å². The molecule has 9 heteroatoms. The summed E-state index contributed by atoms with van der Waals surface area (Å²) in [5, 5.41) is 3.48. The zero-order valence-corrected chi connectivity index (χ0v) is 28.1. The third-order valence-electron chi connectivity index (χ3n) is 9.43. The van der Waals surface area contributed by atoms with Crippen LogP contribution in [0.25, 0.3) is 79.6 Å². The first kappa shape index (κ1) is 29.8. The van der Waals surface area contributed by atoms with Crippen LogP contribution in [-0.2, 0) is 0 Å². The van der Waals surface area contributed by atoms with Gasteiger partial charge in [0.15, 0.2) is 11.3 Å². The van der Waals surface area contributed by atoms with E-state index in [0.29, 0.717) is 0 Å². The number of para-hydroxylation sites is 2. The smallest absolute Gasteiger partial charge is 0.164 e. The Morgan fingerprint density at radius 3 is 1.75 bits per heavy atom. The summed E-state index contributed by atoms with van der Waals surface area (Å²) in [5.41, 5.74) is 10.5. The molecule has 1 aliphatic carbocycles. The van der Waals surface area contributed by atoms with E-state index in [4.69, 9.17) is 24.9 Å². The van der Waals surface area contributed by atoms with E-state index >= 15 is 0 Å². The molecule has 6 heterocycles. The molecule has 2 aliphatic rings. The molecule has 0 spiro atoms. The lowest BCUT2D eigenvalue weighted by Gasteiger charge is -2.17. The lowest BCUT2D eigenvalue weighted by molar-refractivity contribution is 1.00. The summed E-state index contributed by atoms with van der Waals surface area (Å²) < 4.78 is 6.45. The summed E-state index contributed by atoms with van der Waals surface area (Å²) in [6, 6.07) is 34.9.